The predicted octanol–water partition coefficient (Wildman–Crippen LogP) is 2.77. The van der Waals surface area contributed by atoms with Gasteiger partial charge in [-0.3, -0.25) is 0 Å². The molecule has 0 aromatic carbocycles. The smallest absolute Gasteiger partial charge is 0.120 e. The average Bonchev–Trinajstić information content (AvgIpc) is 2.84. The molecule has 2 aromatic rings. The lowest BCUT2D eigenvalue weighted by molar-refractivity contribution is 0.416. The zero-order chi connectivity index (χ0) is 10.7. The molecule has 80 valence electrons. The molecule has 2 aromatic heterocycles. The van der Waals surface area contributed by atoms with Crippen LogP contribution in [0.2, 0.25) is 0 Å². The van der Waals surface area contributed by atoms with Gasteiger partial charge < -0.3 is 14.7 Å². The lowest BCUT2D eigenvalue weighted by Crippen LogP contribution is -2.17. The Morgan fingerprint density at radius 3 is 2.87 bits per heavy atom. The summed E-state index contributed by atoms with van der Waals surface area (Å²) in [7, 11) is 0. The molecule has 0 saturated heterocycles. The van der Waals surface area contributed by atoms with Gasteiger partial charge in [-0.15, -0.1) is 0 Å². The van der Waals surface area contributed by atoms with Crippen molar-refractivity contribution in [1.29, 1.82) is 0 Å². The predicted molar refractivity (Wildman–Crippen MR) is 59.5 cm³/mol. The van der Waals surface area contributed by atoms with E-state index in [2.05, 4.69) is 23.3 Å². The summed E-state index contributed by atoms with van der Waals surface area (Å²) in [6, 6.07) is 6.31. The van der Waals surface area contributed by atoms with Gasteiger partial charge in [0.2, 0.25) is 0 Å². The number of furan rings is 1. The second-order valence-corrected chi connectivity index (χ2v) is 3.77. The van der Waals surface area contributed by atoms with Crippen molar-refractivity contribution in [3.05, 3.63) is 47.7 Å². The third-order valence-electron chi connectivity index (χ3n) is 2.46. The van der Waals surface area contributed by atoms with Crippen LogP contribution in [-0.2, 0) is 6.54 Å². The molecule has 0 amide bonds. The number of aromatic amines is 1. The number of H-pyrrole nitrogens is 1. The maximum atomic E-state index is 5.54. The van der Waals surface area contributed by atoms with E-state index in [9.17, 15) is 0 Å². The topological polar surface area (TPSA) is 41.0 Å². The largest absolute Gasteiger partial charge is 0.465 e. The van der Waals surface area contributed by atoms with E-state index in [0.717, 1.165) is 18.1 Å². The Labute approximate surface area is 89.5 Å². The van der Waals surface area contributed by atoms with Crippen LogP contribution >= 0.6 is 0 Å². The molecule has 0 fully saturated rings. The van der Waals surface area contributed by atoms with E-state index >= 15 is 0 Å². The maximum Gasteiger partial charge on any atom is 0.120 e. The zero-order valence-corrected chi connectivity index (χ0v) is 9.08. The highest BCUT2D eigenvalue weighted by atomic mass is 16.3. The molecule has 3 nitrogen and oxygen atoms in total. The number of nitrogens with one attached hydrogen (secondary N) is 2. The first-order valence-corrected chi connectivity index (χ1v) is 5.17. The summed E-state index contributed by atoms with van der Waals surface area (Å²) in [5.41, 5.74) is 1.25. The van der Waals surface area contributed by atoms with Crippen molar-refractivity contribution < 1.29 is 4.42 Å². The molecule has 2 rings (SSSR count). The van der Waals surface area contributed by atoms with Gasteiger partial charge in [0, 0.05) is 18.9 Å². The van der Waals surface area contributed by atoms with Gasteiger partial charge in [0.1, 0.15) is 11.5 Å². The lowest BCUT2D eigenvalue weighted by atomic mass is 10.2. The molecule has 1 unspecified atom stereocenters. The Morgan fingerprint density at radius 2 is 2.27 bits per heavy atom. The van der Waals surface area contributed by atoms with E-state index in [0.29, 0.717) is 0 Å². The number of hydrogen-bond donors (Lipinski definition) is 2. The summed E-state index contributed by atoms with van der Waals surface area (Å²) >= 11 is 0. The molecule has 3 heteroatoms. The summed E-state index contributed by atoms with van der Waals surface area (Å²) in [5.74, 6) is 1.95. The van der Waals surface area contributed by atoms with E-state index in [1.807, 2.05) is 31.5 Å². The quantitative estimate of drug-likeness (QED) is 0.804. The Balaban J connectivity index is 1.90. The second-order valence-electron chi connectivity index (χ2n) is 3.77. The molecular weight excluding hydrogens is 188 g/mol. The van der Waals surface area contributed by atoms with Crippen molar-refractivity contribution in [2.45, 2.75) is 26.4 Å². The molecule has 15 heavy (non-hydrogen) atoms. The minimum atomic E-state index is 0.244. The number of aromatic nitrogens is 1. The summed E-state index contributed by atoms with van der Waals surface area (Å²) in [5, 5.41) is 3.40. The van der Waals surface area contributed by atoms with Crippen LogP contribution in [0.1, 0.15) is 30.0 Å². The van der Waals surface area contributed by atoms with Gasteiger partial charge >= 0.3 is 0 Å². The van der Waals surface area contributed by atoms with Crippen LogP contribution in [0.3, 0.4) is 0 Å². The second kappa shape index (κ2) is 4.36. The summed E-state index contributed by atoms with van der Waals surface area (Å²) in [6.45, 7) is 4.91. The first kappa shape index (κ1) is 10.1. The van der Waals surface area contributed by atoms with E-state index in [1.54, 1.807) is 0 Å². The monoisotopic (exact) mass is 204 g/mol. The average molecular weight is 204 g/mol. The molecule has 0 bridgehead atoms. The van der Waals surface area contributed by atoms with E-state index < -0.39 is 0 Å². The molecule has 0 saturated carbocycles. The van der Waals surface area contributed by atoms with Crippen LogP contribution in [0, 0.1) is 6.92 Å². The summed E-state index contributed by atoms with van der Waals surface area (Å²) in [6.07, 6.45) is 3.92. The van der Waals surface area contributed by atoms with Gasteiger partial charge in [0.15, 0.2) is 0 Å². The Morgan fingerprint density at radius 1 is 1.40 bits per heavy atom. The van der Waals surface area contributed by atoms with Crippen molar-refractivity contribution in [2.75, 3.05) is 0 Å². The van der Waals surface area contributed by atoms with Crippen molar-refractivity contribution in [2.24, 2.45) is 0 Å². The Hall–Kier alpha value is -1.48. The van der Waals surface area contributed by atoms with E-state index in [-0.39, 0.29) is 6.04 Å². The van der Waals surface area contributed by atoms with Gasteiger partial charge in [-0.2, -0.15) is 0 Å². The van der Waals surface area contributed by atoms with Gasteiger partial charge in [0.25, 0.3) is 0 Å². The minimum absolute atomic E-state index is 0.244. The summed E-state index contributed by atoms with van der Waals surface area (Å²) < 4.78 is 5.54. The standard InChI is InChI=1S/C12H16N2O/c1-9-3-4-12(15-9)10(2)14-8-11-5-6-13-7-11/h3-7,10,13-14H,8H2,1-2H3. The van der Waals surface area contributed by atoms with Crippen molar-refractivity contribution >= 4 is 0 Å². The Kier molecular flexibility index (Phi) is 2.92. The van der Waals surface area contributed by atoms with Gasteiger partial charge in [-0.25, -0.2) is 0 Å². The van der Waals surface area contributed by atoms with Gasteiger partial charge in [-0.05, 0) is 37.6 Å². The fourth-order valence-corrected chi connectivity index (χ4v) is 1.53. The Bertz CT molecular complexity index is 403. The van der Waals surface area contributed by atoms with Crippen LogP contribution in [0.25, 0.3) is 0 Å². The maximum absolute atomic E-state index is 5.54. The van der Waals surface area contributed by atoms with Crippen molar-refractivity contribution in [1.82, 2.24) is 10.3 Å². The van der Waals surface area contributed by atoms with Crippen LogP contribution in [0.4, 0.5) is 0 Å². The molecule has 0 radical (unpaired) electrons. The van der Waals surface area contributed by atoms with Crippen LogP contribution in [0.5, 0.6) is 0 Å². The van der Waals surface area contributed by atoms with Crippen molar-refractivity contribution in [3.8, 4) is 0 Å². The lowest BCUT2D eigenvalue weighted by Gasteiger charge is -2.10. The normalized spacial score (nSPS) is 12.9. The highest BCUT2D eigenvalue weighted by Gasteiger charge is 2.08. The first-order chi connectivity index (χ1) is 7.25. The van der Waals surface area contributed by atoms with Crippen LogP contribution in [-0.4, -0.2) is 4.98 Å². The minimum Gasteiger partial charge on any atom is -0.465 e. The highest BCUT2D eigenvalue weighted by molar-refractivity contribution is 5.11. The first-order valence-electron chi connectivity index (χ1n) is 5.17. The molecule has 0 aliphatic carbocycles. The molecule has 2 heterocycles. The van der Waals surface area contributed by atoms with Crippen molar-refractivity contribution in [3.63, 3.8) is 0 Å². The molecule has 0 aliphatic heterocycles. The van der Waals surface area contributed by atoms with Gasteiger partial charge in [-0.1, -0.05) is 0 Å². The summed E-state index contributed by atoms with van der Waals surface area (Å²) in [4.78, 5) is 3.03. The molecule has 0 spiro atoms. The fourth-order valence-electron chi connectivity index (χ4n) is 1.53. The fraction of sp³-hybridized carbons (Fsp3) is 0.333. The molecule has 2 N–H and O–H groups in total. The molecule has 0 aliphatic rings. The van der Waals surface area contributed by atoms with E-state index in [4.69, 9.17) is 4.42 Å². The third kappa shape index (κ3) is 2.50. The van der Waals surface area contributed by atoms with Gasteiger partial charge in [0.05, 0.1) is 6.04 Å². The van der Waals surface area contributed by atoms with Crippen LogP contribution in [0.15, 0.2) is 35.0 Å². The third-order valence-corrected chi connectivity index (χ3v) is 2.46. The van der Waals surface area contributed by atoms with Crippen LogP contribution < -0.4 is 5.32 Å². The number of aryl methyl sites for hydroxylation is 1. The highest BCUT2D eigenvalue weighted by Crippen LogP contribution is 2.15. The van der Waals surface area contributed by atoms with E-state index in [1.165, 1.54) is 5.56 Å². The molecular formula is C12H16N2O. The molecule has 1 atom stereocenters. The SMILES string of the molecule is Cc1ccc(C(C)NCc2cc[nH]c2)o1. The number of hydrogen-bond acceptors (Lipinski definition) is 2. The zero-order valence-electron chi connectivity index (χ0n) is 9.08. The number of rotatable bonds is 4.